The number of amides is 1. The summed E-state index contributed by atoms with van der Waals surface area (Å²) in [5.41, 5.74) is 2.54. The molecular weight excluding hydrogens is 328 g/mol. The van der Waals surface area contributed by atoms with Crippen LogP contribution in [0.5, 0.6) is 5.75 Å². The Morgan fingerprint density at radius 1 is 1.04 bits per heavy atom. The summed E-state index contributed by atoms with van der Waals surface area (Å²) in [4.78, 5) is 26.8. The smallest absolute Gasteiger partial charge is 0.257 e. The summed E-state index contributed by atoms with van der Waals surface area (Å²) < 4.78 is 5.70. The van der Waals surface area contributed by atoms with E-state index < -0.39 is 0 Å². The number of carbonyl (C=O) groups is 1. The lowest BCUT2D eigenvalue weighted by molar-refractivity contribution is 0.0949. The maximum Gasteiger partial charge on any atom is 0.257 e. The highest BCUT2D eigenvalue weighted by molar-refractivity contribution is 5.93. The molecule has 1 amide bonds. The highest BCUT2D eigenvalue weighted by atomic mass is 16.5. The summed E-state index contributed by atoms with van der Waals surface area (Å²) in [5.74, 6) is 0.440. The van der Waals surface area contributed by atoms with E-state index in [-0.39, 0.29) is 16.9 Å². The normalized spacial score (nSPS) is 10.3. The van der Waals surface area contributed by atoms with Gasteiger partial charge >= 0.3 is 0 Å². The zero-order valence-electron chi connectivity index (χ0n) is 14.5. The van der Waals surface area contributed by atoms with Gasteiger partial charge in [0, 0.05) is 24.5 Å². The molecule has 0 atom stereocenters. The molecule has 0 fully saturated rings. The van der Waals surface area contributed by atoms with Gasteiger partial charge in [-0.25, -0.2) is 0 Å². The summed E-state index contributed by atoms with van der Waals surface area (Å²) in [6.45, 7) is 2.60. The Morgan fingerprint density at radius 2 is 1.73 bits per heavy atom. The van der Waals surface area contributed by atoms with E-state index in [2.05, 4.69) is 10.3 Å². The number of aromatic amines is 1. The molecule has 0 saturated heterocycles. The third-order valence-electron chi connectivity index (χ3n) is 3.93. The Labute approximate surface area is 151 Å². The zero-order chi connectivity index (χ0) is 18.4. The first kappa shape index (κ1) is 17.5. The maximum atomic E-state index is 12.1. The lowest BCUT2D eigenvalue weighted by Gasteiger charge is -2.08. The third kappa shape index (κ3) is 4.60. The number of para-hydroxylation sites is 1. The third-order valence-corrected chi connectivity index (χ3v) is 3.93. The number of ether oxygens (including phenoxy) is 1. The van der Waals surface area contributed by atoms with Gasteiger partial charge in [0.25, 0.3) is 5.91 Å². The average Bonchev–Trinajstić information content (AvgIpc) is 2.66. The summed E-state index contributed by atoms with van der Waals surface area (Å²) >= 11 is 0. The van der Waals surface area contributed by atoms with Crippen molar-refractivity contribution < 1.29 is 9.53 Å². The highest BCUT2D eigenvalue weighted by Gasteiger charge is 2.09. The zero-order valence-corrected chi connectivity index (χ0v) is 14.5. The molecule has 2 N–H and O–H groups in total. The van der Waals surface area contributed by atoms with Crippen molar-refractivity contribution in [3.8, 4) is 5.75 Å². The lowest BCUT2D eigenvalue weighted by atomic mass is 10.1. The molecule has 0 aliphatic heterocycles. The number of pyridine rings is 1. The van der Waals surface area contributed by atoms with Gasteiger partial charge in [-0.1, -0.05) is 42.5 Å². The number of nitrogens with one attached hydrogen (secondary N) is 2. The van der Waals surface area contributed by atoms with Crippen molar-refractivity contribution in [2.75, 3.05) is 0 Å². The van der Waals surface area contributed by atoms with Crippen LogP contribution >= 0.6 is 0 Å². The first-order valence-corrected chi connectivity index (χ1v) is 8.35. The van der Waals surface area contributed by atoms with E-state index in [0.717, 1.165) is 22.6 Å². The van der Waals surface area contributed by atoms with Crippen LogP contribution in [0.1, 0.15) is 27.2 Å². The molecule has 0 radical (unpaired) electrons. The minimum Gasteiger partial charge on any atom is -0.489 e. The second kappa shape index (κ2) is 8.16. The second-order valence-electron chi connectivity index (χ2n) is 5.99. The van der Waals surface area contributed by atoms with Crippen molar-refractivity contribution in [2.45, 2.75) is 20.1 Å². The van der Waals surface area contributed by atoms with Crippen molar-refractivity contribution in [1.82, 2.24) is 10.3 Å². The number of aromatic nitrogens is 1. The van der Waals surface area contributed by atoms with E-state index in [1.807, 2.05) is 54.6 Å². The van der Waals surface area contributed by atoms with Crippen LogP contribution in [0.15, 0.2) is 71.7 Å². The van der Waals surface area contributed by atoms with E-state index in [9.17, 15) is 9.59 Å². The van der Waals surface area contributed by atoms with E-state index in [1.54, 1.807) is 6.92 Å². The SMILES string of the molecule is Cc1cc(=O)c(C(=O)NCc2ccc(COc3ccccc3)cc2)c[nH]1. The summed E-state index contributed by atoms with van der Waals surface area (Å²) in [7, 11) is 0. The predicted octanol–water partition coefficient (Wildman–Crippen LogP) is 3.19. The number of hydrogen-bond donors (Lipinski definition) is 2. The first-order chi connectivity index (χ1) is 12.6. The maximum absolute atomic E-state index is 12.1. The van der Waals surface area contributed by atoms with Gasteiger partial charge in [0.15, 0.2) is 5.43 Å². The van der Waals surface area contributed by atoms with Crippen molar-refractivity contribution in [3.05, 3.63) is 99.5 Å². The molecule has 1 aromatic heterocycles. The Balaban J connectivity index is 1.54. The molecule has 0 bridgehead atoms. The molecule has 2 aromatic carbocycles. The van der Waals surface area contributed by atoms with Gasteiger partial charge in [-0.2, -0.15) is 0 Å². The number of H-pyrrole nitrogens is 1. The number of carbonyl (C=O) groups excluding carboxylic acids is 1. The summed E-state index contributed by atoms with van der Waals surface area (Å²) in [5, 5.41) is 2.76. The molecule has 3 aromatic rings. The quantitative estimate of drug-likeness (QED) is 0.719. The molecule has 1 heterocycles. The van der Waals surface area contributed by atoms with Gasteiger partial charge in [0.2, 0.25) is 0 Å². The van der Waals surface area contributed by atoms with Crippen molar-refractivity contribution >= 4 is 5.91 Å². The largest absolute Gasteiger partial charge is 0.489 e. The highest BCUT2D eigenvalue weighted by Crippen LogP contribution is 2.12. The van der Waals surface area contributed by atoms with Crippen LogP contribution in [0.3, 0.4) is 0 Å². The lowest BCUT2D eigenvalue weighted by Crippen LogP contribution is -2.28. The van der Waals surface area contributed by atoms with E-state index >= 15 is 0 Å². The molecule has 0 saturated carbocycles. The molecule has 5 nitrogen and oxygen atoms in total. The van der Waals surface area contributed by atoms with Crippen LogP contribution in [0, 0.1) is 6.92 Å². The van der Waals surface area contributed by atoms with Crippen molar-refractivity contribution in [2.24, 2.45) is 0 Å². The molecule has 0 aliphatic carbocycles. The van der Waals surface area contributed by atoms with Crippen LogP contribution in [0.4, 0.5) is 0 Å². The van der Waals surface area contributed by atoms with E-state index in [1.165, 1.54) is 12.3 Å². The fraction of sp³-hybridized carbons (Fsp3) is 0.143. The van der Waals surface area contributed by atoms with Crippen LogP contribution in [-0.4, -0.2) is 10.9 Å². The molecule has 0 spiro atoms. The van der Waals surface area contributed by atoms with E-state index in [4.69, 9.17) is 4.74 Å². The van der Waals surface area contributed by atoms with Crippen LogP contribution in [0.25, 0.3) is 0 Å². The number of aryl methyl sites for hydroxylation is 1. The summed E-state index contributed by atoms with van der Waals surface area (Å²) in [6.07, 6.45) is 1.44. The fourth-order valence-corrected chi connectivity index (χ4v) is 2.46. The van der Waals surface area contributed by atoms with Gasteiger partial charge in [0.05, 0.1) is 0 Å². The minimum atomic E-state index is -0.386. The predicted molar refractivity (Wildman–Crippen MR) is 100 cm³/mol. The number of benzene rings is 2. The number of hydrogen-bond acceptors (Lipinski definition) is 3. The monoisotopic (exact) mass is 348 g/mol. The molecule has 132 valence electrons. The van der Waals surface area contributed by atoms with Crippen molar-refractivity contribution in [3.63, 3.8) is 0 Å². The van der Waals surface area contributed by atoms with Crippen molar-refractivity contribution in [1.29, 1.82) is 0 Å². The number of rotatable bonds is 6. The molecule has 26 heavy (non-hydrogen) atoms. The van der Waals surface area contributed by atoms with Gasteiger partial charge < -0.3 is 15.0 Å². The molecule has 0 unspecified atom stereocenters. The Bertz CT molecular complexity index is 931. The Kier molecular flexibility index (Phi) is 5.49. The van der Waals surface area contributed by atoms with Gasteiger partial charge in [-0.15, -0.1) is 0 Å². The standard InChI is InChI=1S/C21H20N2O3/c1-15-11-20(24)19(13-22-15)21(25)23-12-16-7-9-17(10-8-16)14-26-18-5-3-2-4-6-18/h2-11,13H,12,14H2,1H3,(H,22,24)(H,23,25). The minimum absolute atomic E-state index is 0.114. The van der Waals surface area contributed by atoms with Gasteiger partial charge in [0.1, 0.15) is 17.9 Å². The Hall–Kier alpha value is -3.34. The molecule has 5 heteroatoms. The summed E-state index contributed by atoms with van der Waals surface area (Å²) in [6, 6.07) is 18.8. The van der Waals surface area contributed by atoms with Gasteiger partial charge in [-0.3, -0.25) is 9.59 Å². The van der Waals surface area contributed by atoms with Crippen LogP contribution in [0.2, 0.25) is 0 Å². The first-order valence-electron chi connectivity index (χ1n) is 8.35. The van der Waals surface area contributed by atoms with Crippen LogP contribution in [-0.2, 0) is 13.2 Å². The second-order valence-corrected chi connectivity index (χ2v) is 5.99. The molecule has 0 aliphatic rings. The topological polar surface area (TPSA) is 71.2 Å². The molecule has 3 rings (SSSR count). The van der Waals surface area contributed by atoms with Crippen LogP contribution < -0.4 is 15.5 Å². The Morgan fingerprint density at radius 3 is 2.42 bits per heavy atom. The van der Waals surface area contributed by atoms with Gasteiger partial charge in [-0.05, 0) is 30.2 Å². The molecular formula is C21H20N2O3. The average molecular weight is 348 g/mol. The fourth-order valence-electron chi connectivity index (χ4n) is 2.46. The van der Waals surface area contributed by atoms with E-state index in [0.29, 0.717) is 13.2 Å².